The minimum Gasteiger partial charge on any atom is -0.469 e. The number of hydrogen-bond donors (Lipinski definition) is 0. The van der Waals surface area contributed by atoms with Crippen molar-refractivity contribution in [1.29, 1.82) is 0 Å². The topological polar surface area (TPSA) is 43.4 Å². The van der Waals surface area contributed by atoms with Crippen molar-refractivity contribution < 1.29 is 14.3 Å². The maximum absolute atomic E-state index is 11.3. The number of methoxy groups -OCH3 is 1. The molecule has 3 heteroatoms. The molecule has 0 atom stereocenters. The SMILES string of the molecule is COC(=O)C1CCC2(CC1)CC(C=O)C2. The number of esters is 1. The van der Waals surface area contributed by atoms with Crippen molar-refractivity contribution in [3.8, 4) is 0 Å². The van der Waals surface area contributed by atoms with Crippen LogP contribution in [-0.4, -0.2) is 19.4 Å². The van der Waals surface area contributed by atoms with Gasteiger partial charge in [0, 0.05) is 5.92 Å². The number of carbonyl (C=O) groups is 2. The van der Waals surface area contributed by atoms with Gasteiger partial charge >= 0.3 is 5.97 Å². The van der Waals surface area contributed by atoms with Crippen LogP contribution in [0.2, 0.25) is 0 Å². The van der Waals surface area contributed by atoms with Gasteiger partial charge in [-0.2, -0.15) is 0 Å². The fraction of sp³-hybridized carbons (Fsp3) is 0.833. The summed E-state index contributed by atoms with van der Waals surface area (Å²) < 4.78 is 4.76. The third-order valence-electron chi connectivity index (χ3n) is 4.16. The monoisotopic (exact) mass is 210 g/mol. The molecular formula is C12H18O3. The fourth-order valence-corrected chi connectivity index (χ4v) is 3.19. The molecule has 0 heterocycles. The molecule has 0 aromatic rings. The first-order valence-corrected chi connectivity index (χ1v) is 5.72. The van der Waals surface area contributed by atoms with Crippen molar-refractivity contribution in [1.82, 2.24) is 0 Å². The Kier molecular flexibility index (Phi) is 2.81. The quantitative estimate of drug-likeness (QED) is 0.517. The summed E-state index contributed by atoms with van der Waals surface area (Å²) in [6, 6.07) is 0. The molecule has 2 saturated carbocycles. The van der Waals surface area contributed by atoms with E-state index in [2.05, 4.69) is 0 Å². The normalized spacial score (nSPS) is 39.5. The van der Waals surface area contributed by atoms with Crippen LogP contribution in [-0.2, 0) is 14.3 Å². The molecule has 2 rings (SSSR count). The fourth-order valence-electron chi connectivity index (χ4n) is 3.19. The van der Waals surface area contributed by atoms with Gasteiger partial charge in [0.25, 0.3) is 0 Å². The van der Waals surface area contributed by atoms with Gasteiger partial charge in [-0.15, -0.1) is 0 Å². The highest BCUT2D eigenvalue weighted by Gasteiger charge is 2.46. The van der Waals surface area contributed by atoms with Crippen LogP contribution in [0.3, 0.4) is 0 Å². The molecule has 0 unspecified atom stereocenters. The molecule has 0 aliphatic heterocycles. The Morgan fingerprint density at radius 3 is 2.40 bits per heavy atom. The summed E-state index contributed by atoms with van der Waals surface area (Å²) in [7, 11) is 1.46. The van der Waals surface area contributed by atoms with Crippen LogP contribution >= 0.6 is 0 Å². The van der Waals surface area contributed by atoms with E-state index < -0.39 is 0 Å². The number of rotatable bonds is 2. The van der Waals surface area contributed by atoms with Gasteiger partial charge in [0.2, 0.25) is 0 Å². The molecule has 0 radical (unpaired) electrons. The maximum atomic E-state index is 11.3. The minimum absolute atomic E-state index is 0.0592. The Morgan fingerprint density at radius 1 is 1.33 bits per heavy atom. The Morgan fingerprint density at radius 2 is 1.93 bits per heavy atom. The van der Waals surface area contributed by atoms with Crippen LogP contribution in [0, 0.1) is 17.3 Å². The minimum atomic E-state index is -0.0592. The summed E-state index contributed by atoms with van der Waals surface area (Å²) in [5.41, 5.74) is 0.399. The zero-order valence-electron chi connectivity index (χ0n) is 9.20. The lowest BCUT2D eigenvalue weighted by Crippen LogP contribution is -2.42. The van der Waals surface area contributed by atoms with Crippen molar-refractivity contribution >= 4 is 12.3 Å². The second-order valence-electron chi connectivity index (χ2n) is 5.10. The van der Waals surface area contributed by atoms with Crippen molar-refractivity contribution in [3.63, 3.8) is 0 Å². The number of carbonyl (C=O) groups excluding carboxylic acids is 2. The smallest absolute Gasteiger partial charge is 0.308 e. The van der Waals surface area contributed by atoms with E-state index in [1.165, 1.54) is 7.11 Å². The predicted octanol–water partition coefficient (Wildman–Crippen LogP) is 1.94. The maximum Gasteiger partial charge on any atom is 0.308 e. The molecule has 0 amide bonds. The molecule has 0 N–H and O–H groups in total. The van der Waals surface area contributed by atoms with Crippen LogP contribution in [0.4, 0.5) is 0 Å². The van der Waals surface area contributed by atoms with Crippen LogP contribution in [0.5, 0.6) is 0 Å². The van der Waals surface area contributed by atoms with Crippen molar-refractivity contribution in [3.05, 3.63) is 0 Å². The predicted molar refractivity (Wildman–Crippen MR) is 55.2 cm³/mol. The molecule has 2 aliphatic rings. The largest absolute Gasteiger partial charge is 0.469 e. The molecule has 0 aromatic heterocycles. The van der Waals surface area contributed by atoms with E-state index in [0.29, 0.717) is 11.3 Å². The molecule has 3 nitrogen and oxygen atoms in total. The zero-order chi connectivity index (χ0) is 10.9. The van der Waals surface area contributed by atoms with Crippen molar-refractivity contribution in [2.45, 2.75) is 38.5 Å². The molecule has 15 heavy (non-hydrogen) atoms. The van der Waals surface area contributed by atoms with Gasteiger partial charge in [-0.25, -0.2) is 0 Å². The number of ether oxygens (including phenoxy) is 1. The lowest BCUT2D eigenvalue weighted by molar-refractivity contribution is -0.149. The van der Waals surface area contributed by atoms with Gasteiger partial charge in [-0.1, -0.05) is 0 Å². The first-order valence-electron chi connectivity index (χ1n) is 5.72. The Bertz CT molecular complexity index is 256. The summed E-state index contributed by atoms with van der Waals surface area (Å²) in [5, 5.41) is 0. The van der Waals surface area contributed by atoms with Gasteiger partial charge in [0.15, 0.2) is 0 Å². The van der Waals surface area contributed by atoms with Crippen molar-refractivity contribution in [2.24, 2.45) is 17.3 Å². The first kappa shape index (κ1) is 10.7. The Balaban J connectivity index is 1.83. The molecule has 84 valence electrons. The second-order valence-corrected chi connectivity index (χ2v) is 5.10. The highest BCUT2D eigenvalue weighted by atomic mass is 16.5. The summed E-state index contributed by atoms with van der Waals surface area (Å²) >= 11 is 0. The van der Waals surface area contributed by atoms with E-state index >= 15 is 0 Å². The Hall–Kier alpha value is -0.860. The number of aldehydes is 1. The van der Waals surface area contributed by atoms with E-state index in [9.17, 15) is 9.59 Å². The van der Waals surface area contributed by atoms with Gasteiger partial charge < -0.3 is 9.53 Å². The average Bonchev–Trinajstić information content (AvgIpc) is 2.25. The third kappa shape index (κ3) is 1.92. The standard InChI is InChI=1S/C12H18O3/c1-15-11(14)10-2-4-12(5-3-10)6-9(7-12)8-13/h8-10H,2-7H2,1H3. The third-order valence-corrected chi connectivity index (χ3v) is 4.16. The lowest BCUT2D eigenvalue weighted by atomic mass is 9.55. The molecule has 2 aliphatic carbocycles. The molecule has 0 saturated heterocycles. The molecular weight excluding hydrogens is 192 g/mol. The highest BCUT2D eigenvalue weighted by molar-refractivity contribution is 5.72. The average molecular weight is 210 g/mol. The van der Waals surface area contributed by atoms with Gasteiger partial charge in [0.1, 0.15) is 6.29 Å². The van der Waals surface area contributed by atoms with E-state index in [0.717, 1.165) is 44.8 Å². The lowest BCUT2D eigenvalue weighted by Gasteiger charge is -2.49. The van der Waals surface area contributed by atoms with Gasteiger partial charge in [0.05, 0.1) is 13.0 Å². The van der Waals surface area contributed by atoms with Crippen LogP contribution in [0.25, 0.3) is 0 Å². The molecule has 0 aromatic carbocycles. The van der Waals surface area contributed by atoms with E-state index in [4.69, 9.17) is 4.74 Å². The van der Waals surface area contributed by atoms with E-state index in [1.807, 2.05) is 0 Å². The van der Waals surface area contributed by atoms with Crippen LogP contribution < -0.4 is 0 Å². The van der Waals surface area contributed by atoms with Gasteiger partial charge in [-0.05, 0) is 43.9 Å². The Labute approximate surface area is 90.2 Å². The van der Waals surface area contributed by atoms with E-state index in [1.54, 1.807) is 0 Å². The second kappa shape index (κ2) is 3.95. The summed E-state index contributed by atoms with van der Waals surface area (Å²) in [6.45, 7) is 0. The molecule has 2 fully saturated rings. The van der Waals surface area contributed by atoms with Crippen molar-refractivity contribution in [2.75, 3.05) is 7.11 Å². The first-order chi connectivity index (χ1) is 7.19. The molecule has 0 bridgehead atoms. The van der Waals surface area contributed by atoms with E-state index in [-0.39, 0.29) is 11.9 Å². The zero-order valence-corrected chi connectivity index (χ0v) is 9.20. The molecule has 1 spiro atoms. The summed E-state index contributed by atoms with van der Waals surface area (Å²) in [5.74, 6) is 0.340. The van der Waals surface area contributed by atoms with Crippen LogP contribution in [0.1, 0.15) is 38.5 Å². The summed E-state index contributed by atoms with van der Waals surface area (Å²) in [4.78, 5) is 21.9. The number of hydrogen-bond acceptors (Lipinski definition) is 3. The summed E-state index contributed by atoms with van der Waals surface area (Å²) in [6.07, 6.45) is 7.25. The highest BCUT2D eigenvalue weighted by Crippen LogP contribution is 2.55. The van der Waals surface area contributed by atoms with Gasteiger partial charge in [-0.3, -0.25) is 4.79 Å². The van der Waals surface area contributed by atoms with Crippen LogP contribution in [0.15, 0.2) is 0 Å².